The van der Waals surface area contributed by atoms with Crippen molar-refractivity contribution in [2.24, 2.45) is 5.92 Å². The van der Waals surface area contributed by atoms with E-state index in [9.17, 15) is 4.46 Å². The van der Waals surface area contributed by atoms with Gasteiger partial charge in [-0.15, -0.1) is 0 Å². The van der Waals surface area contributed by atoms with Gasteiger partial charge < -0.3 is 32.0 Å². The average molecular weight is 451 g/mol. The molecule has 0 aromatic carbocycles. The standard InChI is InChI=1S/C9H20O5Si.C9H16O2Si.C2H6/c1-10-15(11-2,12-3)6-4-5-13-7-9-8-14-9;1-12(10)5-4-7-2-3-8-9(6-7)11-8;1-2/h9H,4-8H2,1-3H3;7-9H,2-6H2,1H3;1-2H3. The van der Waals surface area contributed by atoms with Crippen molar-refractivity contribution >= 4 is 17.5 Å². The zero-order valence-electron chi connectivity index (χ0n) is 19.2. The number of epoxide rings is 2. The number of hydrogen-bond donors (Lipinski definition) is 0. The Morgan fingerprint density at radius 2 is 1.72 bits per heavy atom. The van der Waals surface area contributed by atoms with Gasteiger partial charge >= 0.3 is 8.80 Å². The third kappa shape index (κ3) is 11.3. The average Bonchev–Trinajstić information content (AvgIpc) is 3.66. The van der Waals surface area contributed by atoms with Gasteiger partial charge in [0.15, 0.2) is 0 Å². The van der Waals surface area contributed by atoms with Gasteiger partial charge in [-0.25, -0.2) is 0 Å². The normalized spacial score (nSPS) is 27.0. The van der Waals surface area contributed by atoms with Crippen LogP contribution in [0.4, 0.5) is 0 Å². The lowest BCUT2D eigenvalue weighted by Gasteiger charge is -2.24. The third-order valence-corrected chi connectivity index (χ3v) is 9.25. The van der Waals surface area contributed by atoms with Crippen molar-refractivity contribution in [1.82, 2.24) is 0 Å². The van der Waals surface area contributed by atoms with Crippen LogP contribution in [0.1, 0.15) is 46.0 Å². The van der Waals surface area contributed by atoms with Crippen LogP contribution in [-0.4, -0.2) is 76.9 Å². The molecule has 1 saturated carbocycles. The summed E-state index contributed by atoms with van der Waals surface area (Å²) in [5.74, 6) is 0.808. The molecule has 4 unspecified atom stereocenters. The van der Waals surface area contributed by atoms with Gasteiger partial charge in [-0.3, -0.25) is 0 Å². The third-order valence-electron chi connectivity index (χ3n) is 5.43. The monoisotopic (exact) mass is 450 g/mol. The van der Waals surface area contributed by atoms with Crippen molar-refractivity contribution in [3.05, 3.63) is 0 Å². The first-order chi connectivity index (χ1) is 14.0. The molecule has 1 aliphatic carbocycles. The van der Waals surface area contributed by atoms with Gasteiger partial charge in [-0.1, -0.05) is 13.8 Å². The molecule has 3 rings (SSSR count). The summed E-state index contributed by atoms with van der Waals surface area (Å²) in [7, 11) is 1.25. The van der Waals surface area contributed by atoms with E-state index in [0.29, 0.717) is 31.5 Å². The molecule has 2 heterocycles. The maximum Gasteiger partial charge on any atom is 0.500 e. The summed E-state index contributed by atoms with van der Waals surface area (Å²) < 4.78 is 42.7. The first-order valence-corrected chi connectivity index (χ1v) is 15.1. The number of ether oxygens (including phenoxy) is 3. The molecule has 0 radical (unpaired) electrons. The summed E-state index contributed by atoms with van der Waals surface area (Å²) in [4.78, 5) is 0. The van der Waals surface area contributed by atoms with Gasteiger partial charge in [-0.2, -0.15) is 0 Å². The zero-order valence-corrected chi connectivity index (χ0v) is 21.2. The molecule has 3 fully saturated rings. The van der Waals surface area contributed by atoms with Crippen molar-refractivity contribution in [3.63, 3.8) is 0 Å². The Labute approximate surface area is 179 Å². The Morgan fingerprint density at radius 3 is 2.24 bits per heavy atom. The van der Waals surface area contributed by atoms with Crippen LogP contribution in [0.25, 0.3) is 0 Å². The van der Waals surface area contributed by atoms with E-state index in [4.69, 9.17) is 27.5 Å². The molecule has 4 atom stereocenters. The molecular formula is C20H42O7Si2. The molecule has 2 saturated heterocycles. The molecule has 3 aliphatic rings. The summed E-state index contributed by atoms with van der Waals surface area (Å²) in [6.45, 7) is 8.10. The maximum absolute atomic E-state index is 10.9. The highest BCUT2D eigenvalue weighted by Gasteiger charge is 2.43. The second-order valence-corrected chi connectivity index (χ2v) is 12.6. The second kappa shape index (κ2) is 14.9. The van der Waals surface area contributed by atoms with Crippen LogP contribution >= 0.6 is 0 Å². The highest BCUT2D eigenvalue weighted by molar-refractivity contribution is 6.60. The van der Waals surface area contributed by atoms with Crippen LogP contribution < -0.4 is 0 Å². The highest BCUT2D eigenvalue weighted by Crippen LogP contribution is 2.40. The Kier molecular flexibility index (Phi) is 13.9. The molecule has 0 aromatic rings. The molecule has 172 valence electrons. The molecule has 0 spiro atoms. The molecule has 0 bridgehead atoms. The van der Waals surface area contributed by atoms with E-state index in [1.807, 2.05) is 20.4 Å². The van der Waals surface area contributed by atoms with E-state index in [1.165, 1.54) is 25.7 Å². The number of hydrogen-bond acceptors (Lipinski definition) is 7. The Bertz CT molecular complexity index is 436. The molecular weight excluding hydrogens is 408 g/mol. The maximum atomic E-state index is 10.9. The van der Waals surface area contributed by atoms with E-state index in [1.54, 1.807) is 21.3 Å². The largest absolute Gasteiger partial charge is 0.500 e. The Hall–Kier alpha value is -0.00623. The molecule has 2 aliphatic heterocycles. The van der Waals surface area contributed by atoms with Crippen LogP contribution in [0.5, 0.6) is 0 Å². The van der Waals surface area contributed by atoms with E-state index in [0.717, 1.165) is 31.0 Å². The molecule has 7 nitrogen and oxygen atoms in total. The number of rotatable bonds is 12. The lowest BCUT2D eigenvalue weighted by molar-refractivity contribution is 0.100. The van der Waals surface area contributed by atoms with Crippen molar-refractivity contribution in [2.45, 2.75) is 82.9 Å². The predicted octanol–water partition coefficient (Wildman–Crippen LogP) is 3.69. The summed E-state index contributed by atoms with van der Waals surface area (Å²) >= 11 is 0. The van der Waals surface area contributed by atoms with Crippen LogP contribution in [0.3, 0.4) is 0 Å². The van der Waals surface area contributed by atoms with E-state index in [2.05, 4.69) is 0 Å². The minimum Gasteiger partial charge on any atom is -0.389 e. The van der Waals surface area contributed by atoms with Crippen LogP contribution in [0, 0.1) is 5.92 Å². The minimum atomic E-state index is -2.39. The molecule has 9 heteroatoms. The Morgan fingerprint density at radius 1 is 1.07 bits per heavy atom. The van der Waals surface area contributed by atoms with Gasteiger partial charge in [0.25, 0.3) is 8.68 Å². The summed E-state index contributed by atoms with van der Waals surface area (Å²) in [6, 6.07) is 1.73. The number of fused-ring (bicyclic) bond motifs is 1. The fourth-order valence-corrected chi connectivity index (χ4v) is 5.99. The fourth-order valence-electron chi connectivity index (χ4n) is 3.48. The molecule has 0 aromatic heterocycles. The van der Waals surface area contributed by atoms with Crippen molar-refractivity contribution in [3.8, 4) is 0 Å². The van der Waals surface area contributed by atoms with Crippen LogP contribution in [0.15, 0.2) is 0 Å². The van der Waals surface area contributed by atoms with Gasteiger partial charge in [-0.05, 0) is 50.6 Å². The molecule has 29 heavy (non-hydrogen) atoms. The quantitative estimate of drug-likeness (QED) is 0.255. The van der Waals surface area contributed by atoms with Gasteiger partial charge in [0.2, 0.25) is 0 Å². The van der Waals surface area contributed by atoms with Crippen LogP contribution in [-0.2, 0) is 32.0 Å². The summed E-state index contributed by atoms with van der Waals surface area (Å²) in [5.41, 5.74) is 0. The zero-order chi connectivity index (χ0) is 21.7. The van der Waals surface area contributed by atoms with Crippen LogP contribution in [0.2, 0.25) is 18.6 Å². The van der Waals surface area contributed by atoms with Gasteiger partial charge in [0.1, 0.15) is 6.10 Å². The topological polar surface area (TPSA) is 79.1 Å². The summed E-state index contributed by atoms with van der Waals surface area (Å²) in [6.07, 6.45) is 7.37. The minimum absolute atomic E-state index is 0.333. The molecule has 0 N–H and O–H groups in total. The van der Waals surface area contributed by atoms with E-state index < -0.39 is 17.5 Å². The highest BCUT2D eigenvalue weighted by atomic mass is 28.4. The Balaban J connectivity index is 0.000000272. The second-order valence-electron chi connectivity index (χ2n) is 7.56. The lowest BCUT2D eigenvalue weighted by atomic mass is 9.88. The van der Waals surface area contributed by atoms with E-state index >= 15 is 0 Å². The lowest BCUT2D eigenvalue weighted by Crippen LogP contribution is -2.42. The van der Waals surface area contributed by atoms with Gasteiger partial charge in [0.05, 0.1) is 25.4 Å². The van der Waals surface area contributed by atoms with Gasteiger partial charge in [0, 0.05) is 34.0 Å². The van der Waals surface area contributed by atoms with E-state index in [-0.39, 0.29) is 0 Å². The predicted molar refractivity (Wildman–Crippen MR) is 116 cm³/mol. The smallest absolute Gasteiger partial charge is 0.389 e. The molecule has 0 amide bonds. The SMILES string of the molecule is CC.CO[Si](CCCOCC1CO1)(OC)OC.C[Si](=O)CCC1CCC2OC2C1. The fraction of sp³-hybridized carbons (Fsp3) is 1.00. The first-order valence-electron chi connectivity index (χ1n) is 11.0. The first kappa shape index (κ1) is 27.0. The summed E-state index contributed by atoms with van der Waals surface area (Å²) in [5, 5.41) is 0. The van der Waals surface area contributed by atoms with Crippen molar-refractivity contribution in [2.75, 3.05) is 41.2 Å². The van der Waals surface area contributed by atoms with Crippen molar-refractivity contribution in [1.29, 1.82) is 0 Å². The van der Waals surface area contributed by atoms with Crippen molar-refractivity contribution < 1.29 is 32.0 Å².